The molecular weight excluding hydrogens is 428 g/mol. The summed E-state index contributed by atoms with van der Waals surface area (Å²) in [5.74, 6) is -0.307. The molecule has 9 heteroatoms. The van der Waals surface area contributed by atoms with Crippen molar-refractivity contribution < 1.29 is 17.9 Å². The number of aryl methyl sites for hydroxylation is 1. The Kier molecular flexibility index (Phi) is 6.69. The number of imidazole rings is 1. The lowest BCUT2D eigenvalue weighted by atomic mass is 10.1. The van der Waals surface area contributed by atoms with Gasteiger partial charge in [-0.25, -0.2) is 13.4 Å². The van der Waals surface area contributed by atoms with Crippen LogP contribution in [0.4, 0.5) is 0 Å². The first kappa shape index (κ1) is 22.2. The topological polar surface area (TPSA) is 93.5 Å². The number of amides is 1. The Bertz CT molecular complexity index is 1190. The van der Waals surface area contributed by atoms with E-state index in [1.807, 2.05) is 35.0 Å². The molecule has 1 aliphatic rings. The van der Waals surface area contributed by atoms with Crippen molar-refractivity contribution in [1.82, 2.24) is 19.2 Å². The molecule has 2 heterocycles. The second-order valence-electron chi connectivity index (χ2n) is 7.68. The minimum atomic E-state index is -3.67. The molecule has 1 saturated heterocycles. The van der Waals surface area contributed by atoms with Crippen LogP contribution in [0.3, 0.4) is 0 Å². The molecule has 4 rings (SSSR count). The largest absolute Gasteiger partial charge is 0.379 e. The lowest BCUT2D eigenvalue weighted by Gasteiger charge is -2.26. The van der Waals surface area contributed by atoms with E-state index >= 15 is 0 Å². The minimum absolute atomic E-state index is 0.121. The van der Waals surface area contributed by atoms with Crippen molar-refractivity contribution in [3.63, 3.8) is 0 Å². The molecule has 1 N–H and O–H groups in total. The zero-order valence-electron chi connectivity index (χ0n) is 17.9. The van der Waals surface area contributed by atoms with E-state index in [2.05, 4.69) is 10.3 Å². The van der Waals surface area contributed by atoms with Gasteiger partial charge in [0.2, 0.25) is 10.0 Å². The van der Waals surface area contributed by atoms with Crippen molar-refractivity contribution in [2.45, 2.75) is 24.9 Å². The summed E-state index contributed by atoms with van der Waals surface area (Å²) < 4.78 is 34.6. The number of carbonyl (C=O) groups is 1. The van der Waals surface area contributed by atoms with Crippen LogP contribution in [-0.2, 0) is 27.8 Å². The summed E-state index contributed by atoms with van der Waals surface area (Å²) in [4.78, 5) is 17.2. The molecule has 8 nitrogen and oxygen atoms in total. The Labute approximate surface area is 187 Å². The second-order valence-corrected chi connectivity index (χ2v) is 9.62. The van der Waals surface area contributed by atoms with E-state index in [0.717, 1.165) is 16.7 Å². The Hall–Kier alpha value is -3.01. The summed E-state index contributed by atoms with van der Waals surface area (Å²) in [5, 5.41) is 2.94. The summed E-state index contributed by atoms with van der Waals surface area (Å²) >= 11 is 0. The van der Waals surface area contributed by atoms with Crippen LogP contribution in [0, 0.1) is 6.92 Å². The molecule has 168 valence electrons. The quantitative estimate of drug-likeness (QED) is 0.591. The van der Waals surface area contributed by atoms with Crippen LogP contribution in [0.5, 0.6) is 0 Å². The van der Waals surface area contributed by atoms with E-state index in [1.165, 1.54) is 10.4 Å². The smallest absolute Gasteiger partial charge is 0.251 e. The Balaban J connectivity index is 1.50. The zero-order valence-corrected chi connectivity index (χ0v) is 18.7. The first-order chi connectivity index (χ1) is 15.4. The summed E-state index contributed by atoms with van der Waals surface area (Å²) in [5.41, 5.74) is 3.14. The van der Waals surface area contributed by atoms with E-state index in [9.17, 15) is 13.2 Å². The maximum atomic E-state index is 13.0. The van der Waals surface area contributed by atoms with Gasteiger partial charge in [0.15, 0.2) is 0 Å². The van der Waals surface area contributed by atoms with Crippen molar-refractivity contribution in [3.8, 4) is 0 Å². The van der Waals surface area contributed by atoms with Gasteiger partial charge in [0.05, 0.1) is 24.4 Å². The van der Waals surface area contributed by atoms with Gasteiger partial charge in [-0.15, -0.1) is 0 Å². The van der Waals surface area contributed by atoms with Crippen LogP contribution in [0.2, 0.25) is 0 Å². The van der Waals surface area contributed by atoms with Gasteiger partial charge in [-0.05, 0) is 35.7 Å². The molecule has 0 aliphatic carbocycles. The number of carbonyl (C=O) groups excluding carboxylic acids is 1. The Morgan fingerprint density at radius 1 is 1.12 bits per heavy atom. The predicted octanol–water partition coefficient (Wildman–Crippen LogP) is 2.19. The normalized spacial score (nSPS) is 14.9. The standard InChI is InChI=1S/C23H26N4O4S/c1-18-6-7-21(32(29,30)27-10-12-31-13-11-27)14-22(18)23(28)25-15-19-4-2-3-5-20(19)16-26-9-8-24-17-26/h2-9,14,17H,10-13,15-16H2,1H3,(H,25,28). The van der Waals surface area contributed by atoms with Gasteiger partial charge in [0.25, 0.3) is 5.91 Å². The first-order valence-corrected chi connectivity index (χ1v) is 11.9. The average Bonchev–Trinajstić information content (AvgIpc) is 3.32. The van der Waals surface area contributed by atoms with Gasteiger partial charge >= 0.3 is 0 Å². The SMILES string of the molecule is Cc1ccc(S(=O)(=O)N2CCOCC2)cc1C(=O)NCc1ccccc1Cn1ccnc1. The lowest BCUT2D eigenvalue weighted by Crippen LogP contribution is -2.40. The van der Waals surface area contributed by atoms with Crippen molar-refractivity contribution >= 4 is 15.9 Å². The molecule has 0 radical (unpaired) electrons. The number of aromatic nitrogens is 2. The second kappa shape index (κ2) is 9.64. The van der Waals surface area contributed by atoms with Gasteiger partial charge in [0.1, 0.15) is 0 Å². The molecule has 1 amide bonds. The molecule has 1 aliphatic heterocycles. The van der Waals surface area contributed by atoms with E-state index in [0.29, 0.717) is 45.0 Å². The third-order valence-corrected chi connectivity index (χ3v) is 7.43. The van der Waals surface area contributed by atoms with Gasteiger partial charge in [0, 0.05) is 44.1 Å². The molecule has 0 unspecified atom stereocenters. The zero-order chi connectivity index (χ0) is 22.6. The fraction of sp³-hybridized carbons (Fsp3) is 0.304. The molecule has 3 aromatic rings. The summed E-state index contributed by atoms with van der Waals surface area (Å²) in [6.07, 6.45) is 5.36. The van der Waals surface area contributed by atoms with Crippen molar-refractivity contribution in [2.24, 2.45) is 0 Å². The fourth-order valence-corrected chi connectivity index (χ4v) is 5.11. The van der Waals surface area contributed by atoms with E-state index in [1.54, 1.807) is 31.6 Å². The molecule has 0 spiro atoms. The molecular formula is C23H26N4O4S. The Morgan fingerprint density at radius 3 is 2.59 bits per heavy atom. The van der Waals surface area contributed by atoms with Gasteiger partial charge in [-0.1, -0.05) is 30.3 Å². The monoisotopic (exact) mass is 454 g/mol. The highest BCUT2D eigenvalue weighted by molar-refractivity contribution is 7.89. The molecule has 32 heavy (non-hydrogen) atoms. The van der Waals surface area contributed by atoms with Gasteiger partial charge < -0.3 is 14.6 Å². The van der Waals surface area contributed by atoms with Crippen molar-refractivity contribution in [3.05, 3.63) is 83.4 Å². The van der Waals surface area contributed by atoms with Crippen LogP contribution < -0.4 is 5.32 Å². The predicted molar refractivity (Wildman–Crippen MR) is 120 cm³/mol. The number of hydrogen-bond donors (Lipinski definition) is 1. The van der Waals surface area contributed by atoms with Crippen LogP contribution in [0.15, 0.2) is 66.1 Å². The number of ether oxygens (including phenoxy) is 1. The molecule has 2 aromatic carbocycles. The summed E-state index contributed by atoms with van der Waals surface area (Å²) in [6.45, 7) is 4.15. The number of rotatable bonds is 7. The number of benzene rings is 2. The third-order valence-electron chi connectivity index (χ3n) is 5.53. The molecule has 0 bridgehead atoms. The van der Waals surface area contributed by atoms with E-state index < -0.39 is 10.0 Å². The van der Waals surface area contributed by atoms with Gasteiger partial charge in [-0.3, -0.25) is 4.79 Å². The highest BCUT2D eigenvalue weighted by atomic mass is 32.2. The van der Waals surface area contributed by atoms with Crippen LogP contribution in [0.1, 0.15) is 27.0 Å². The number of morpholine rings is 1. The maximum Gasteiger partial charge on any atom is 0.251 e. The molecule has 0 saturated carbocycles. The number of nitrogens with one attached hydrogen (secondary N) is 1. The van der Waals surface area contributed by atoms with E-state index in [4.69, 9.17) is 4.74 Å². The molecule has 1 aromatic heterocycles. The fourth-order valence-electron chi connectivity index (χ4n) is 3.67. The van der Waals surface area contributed by atoms with Crippen LogP contribution in [-0.4, -0.2) is 54.5 Å². The first-order valence-electron chi connectivity index (χ1n) is 10.4. The number of nitrogens with zero attached hydrogens (tertiary/aromatic N) is 3. The highest BCUT2D eigenvalue weighted by Crippen LogP contribution is 2.21. The average molecular weight is 455 g/mol. The Morgan fingerprint density at radius 2 is 1.88 bits per heavy atom. The summed E-state index contributed by atoms with van der Waals surface area (Å²) in [7, 11) is -3.67. The molecule has 0 atom stereocenters. The number of hydrogen-bond acceptors (Lipinski definition) is 5. The maximum absolute atomic E-state index is 13.0. The van der Waals surface area contributed by atoms with E-state index in [-0.39, 0.29) is 10.8 Å². The van der Waals surface area contributed by atoms with Crippen LogP contribution in [0.25, 0.3) is 0 Å². The van der Waals surface area contributed by atoms with Crippen LogP contribution >= 0.6 is 0 Å². The lowest BCUT2D eigenvalue weighted by molar-refractivity contribution is 0.0730. The summed E-state index contributed by atoms with van der Waals surface area (Å²) in [6, 6.07) is 12.6. The van der Waals surface area contributed by atoms with Crippen molar-refractivity contribution in [1.29, 1.82) is 0 Å². The highest BCUT2D eigenvalue weighted by Gasteiger charge is 2.27. The third kappa shape index (κ3) is 4.90. The minimum Gasteiger partial charge on any atom is -0.379 e. The molecule has 1 fully saturated rings. The van der Waals surface area contributed by atoms with Crippen molar-refractivity contribution in [2.75, 3.05) is 26.3 Å². The van der Waals surface area contributed by atoms with Gasteiger partial charge in [-0.2, -0.15) is 4.31 Å². The number of sulfonamides is 1.